The SMILES string of the molecule is Cc1nncn1CCOc1ccc(C(=O)O)cc1. The van der Waals surface area contributed by atoms with Crippen molar-refractivity contribution >= 4 is 5.97 Å². The lowest BCUT2D eigenvalue weighted by Crippen LogP contribution is -2.08. The number of carboxylic acids is 1. The molecule has 6 heteroatoms. The normalized spacial score (nSPS) is 10.3. The molecule has 0 radical (unpaired) electrons. The van der Waals surface area contributed by atoms with Gasteiger partial charge in [0.15, 0.2) is 0 Å². The standard InChI is InChI=1S/C12H13N3O3/c1-9-14-13-8-15(9)6-7-18-11-4-2-10(3-5-11)12(16)17/h2-5,8H,6-7H2,1H3,(H,16,17). The summed E-state index contributed by atoms with van der Waals surface area (Å²) in [6.45, 7) is 3.00. The Bertz CT molecular complexity index is 534. The van der Waals surface area contributed by atoms with E-state index in [1.807, 2.05) is 11.5 Å². The number of aromatic nitrogens is 3. The first kappa shape index (κ1) is 12.1. The van der Waals surface area contributed by atoms with Gasteiger partial charge < -0.3 is 14.4 Å². The highest BCUT2D eigenvalue weighted by Crippen LogP contribution is 2.12. The van der Waals surface area contributed by atoms with E-state index in [-0.39, 0.29) is 5.56 Å². The summed E-state index contributed by atoms with van der Waals surface area (Å²) in [5.74, 6) is 0.534. The molecule has 1 aromatic carbocycles. The monoisotopic (exact) mass is 247 g/mol. The fourth-order valence-electron chi connectivity index (χ4n) is 1.49. The molecule has 0 saturated heterocycles. The quantitative estimate of drug-likeness (QED) is 0.863. The van der Waals surface area contributed by atoms with Crippen LogP contribution in [0.3, 0.4) is 0 Å². The molecule has 2 rings (SSSR count). The first-order valence-electron chi connectivity index (χ1n) is 5.47. The van der Waals surface area contributed by atoms with Crippen LogP contribution in [0.25, 0.3) is 0 Å². The van der Waals surface area contributed by atoms with Gasteiger partial charge in [0, 0.05) is 0 Å². The van der Waals surface area contributed by atoms with Crippen molar-refractivity contribution in [1.29, 1.82) is 0 Å². The van der Waals surface area contributed by atoms with Crippen molar-refractivity contribution in [2.75, 3.05) is 6.61 Å². The number of hydrogen-bond donors (Lipinski definition) is 1. The number of nitrogens with zero attached hydrogens (tertiary/aromatic N) is 3. The summed E-state index contributed by atoms with van der Waals surface area (Å²) >= 11 is 0. The maximum absolute atomic E-state index is 10.7. The van der Waals surface area contributed by atoms with Crippen LogP contribution in [0, 0.1) is 6.92 Å². The number of ether oxygens (including phenoxy) is 1. The van der Waals surface area contributed by atoms with Crippen molar-refractivity contribution in [3.63, 3.8) is 0 Å². The number of aryl methyl sites for hydroxylation is 1. The van der Waals surface area contributed by atoms with Crippen LogP contribution < -0.4 is 4.74 Å². The van der Waals surface area contributed by atoms with Crippen LogP contribution in [0.2, 0.25) is 0 Å². The van der Waals surface area contributed by atoms with E-state index in [1.165, 1.54) is 12.1 Å². The summed E-state index contributed by atoms with van der Waals surface area (Å²) in [6.07, 6.45) is 1.65. The van der Waals surface area contributed by atoms with Crippen LogP contribution in [0.15, 0.2) is 30.6 Å². The van der Waals surface area contributed by atoms with Crippen molar-refractivity contribution in [3.8, 4) is 5.75 Å². The van der Waals surface area contributed by atoms with Gasteiger partial charge in [-0.3, -0.25) is 0 Å². The van der Waals surface area contributed by atoms with Gasteiger partial charge in [-0.1, -0.05) is 0 Å². The van der Waals surface area contributed by atoms with E-state index in [0.717, 1.165) is 5.82 Å². The predicted molar refractivity (Wildman–Crippen MR) is 63.7 cm³/mol. The molecule has 0 saturated carbocycles. The number of aromatic carboxylic acids is 1. The second-order valence-corrected chi connectivity index (χ2v) is 3.75. The first-order chi connectivity index (χ1) is 8.66. The summed E-state index contributed by atoms with van der Waals surface area (Å²) in [7, 11) is 0. The molecule has 0 bridgehead atoms. The van der Waals surface area contributed by atoms with E-state index in [1.54, 1.807) is 18.5 Å². The smallest absolute Gasteiger partial charge is 0.335 e. The first-order valence-corrected chi connectivity index (χ1v) is 5.47. The third kappa shape index (κ3) is 2.85. The second-order valence-electron chi connectivity index (χ2n) is 3.75. The molecule has 0 unspecified atom stereocenters. The molecule has 0 aliphatic rings. The van der Waals surface area contributed by atoms with Gasteiger partial charge in [0.25, 0.3) is 0 Å². The van der Waals surface area contributed by atoms with Crippen LogP contribution in [0.5, 0.6) is 5.75 Å². The van der Waals surface area contributed by atoms with Gasteiger partial charge in [-0.05, 0) is 31.2 Å². The zero-order valence-electron chi connectivity index (χ0n) is 9.91. The van der Waals surface area contributed by atoms with E-state index >= 15 is 0 Å². The number of carboxylic acid groups (broad SMARTS) is 1. The lowest BCUT2D eigenvalue weighted by atomic mass is 10.2. The molecule has 1 heterocycles. The van der Waals surface area contributed by atoms with Crippen LogP contribution in [-0.2, 0) is 6.54 Å². The molecule has 1 N–H and O–H groups in total. The van der Waals surface area contributed by atoms with Crippen molar-refractivity contribution in [1.82, 2.24) is 14.8 Å². The lowest BCUT2D eigenvalue weighted by Gasteiger charge is -2.07. The van der Waals surface area contributed by atoms with E-state index in [2.05, 4.69) is 10.2 Å². The van der Waals surface area contributed by atoms with Gasteiger partial charge in [0.1, 0.15) is 24.5 Å². The van der Waals surface area contributed by atoms with Crippen molar-refractivity contribution in [2.45, 2.75) is 13.5 Å². The highest BCUT2D eigenvalue weighted by Gasteiger charge is 2.02. The Morgan fingerprint density at radius 3 is 2.67 bits per heavy atom. The highest BCUT2D eigenvalue weighted by molar-refractivity contribution is 5.87. The summed E-state index contributed by atoms with van der Waals surface area (Å²) in [4.78, 5) is 10.7. The van der Waals surface area contributed by atoms with E-state index in [9.17, 15) is 4.79 Å². The van der Waals surface area contributed by atoms with Crippen molar-refractivity contribution < 1.29 is 14.6 Å². The summed E-state index contributed by atoms with van der Waals surface area (Å²) in [5, 5.41) is 16.4. The Morgan fingerprint density at radius 1 is 1.39 bits per heavy atom. The van der Waals surface area contributed by atoms with Crippen LogP contribution >= 0.6 is 0 Å². The van der Waals surface area contributed by atoms with E-state index < -0.39 is 5.97 Å². The highest BCUT2D eigenvalue weighted by atomic mass is 16.5. The van der Waals surface area contributed by atoms with Gasteiger partial charge in [-0.25, -0.2) is 4.79 Å². The van der Waals surface area contributed by atoms with Gasteiger partial charge in [-0.2, -0.15) is 0 Å². The maximum atomic E-state index is 10.7. The third-order valence-corrected chi connectivity index (χ3v) is 2.51. The zero-order valence-corrected chi connectivity index (χ0v) is 9.91. The summed E-state index contributed by atoms with van der Waals surface area (Å²) < 4.78 is 7.38. The number of benzene rings is 1. The lowest BCUT2D eigenvalue weighted by molar-refractivity contribution is 0.0697. The average Bonchev–Trinajstić information content (AvgIpc) is 2.76. The Kier molecular flexibility index (Phi) is 3.57. The molecule has 0 fully saturated rings. The summed E-state index contributed by atoms with van der Waals surface area (Å²) in [5.41, 5.74) is 0.247. The Hall–Kier alpha value is -2.37. The molecule has 0 spiro atoms. The molecule has 0 amide bonds. The molecule has 0 aliphatic heterocycles. The van der Waals surface area contributed by atoms with Gasteiger partial charge in [0.05, 0.1) is 12.1 Å². The predicted octanol–water partition coefficient (Wildman–Crippen LogP) is 1.36. The molecule has 2 aromatic rings. The van der Waals surface area contributed by atoms with Crippen LogP contribution in [0.4, 0.5) is 0 Å². The number of carbonyl (C=O) groups is 1. The van der Waals surface area contributed by atoms with Crippen molar-refractivity contribution in [3.05, 3.63) is 42.0 Å². The van der Waals surface area contributed by atoms with Gasteiger partial charge >= 0.3 is 5.97 Å². The summed E-state index contributed by atoms with van der Waals surface area (Å²) in [6, 6.07) is 6.31. The number of hydrogen-bond acceptors (Lipinski definition) is 4. The van der Waals surface area contributed by atoms with Crippen molar-refractivity contribution in [2.24, 2.45) is 0 Å². The Morgan fingerprint density at radius 2 is 2.11 bits per heavy atom. The Balaban J connectivity index is 1.87. The molecular formula is C12H13N3O3. The molecule has 0 aliphatic carbocycles. The minimum atomic E-state index is -0.943. The molecule has 0 atom stereocenters. The molecule has 94 valence electrons. The minimum Gasteiger partial charge on any atom is -0.492 e. The minimum absolute atomic E-state index is 0.247. The average molecular weight is 247 g/mol. The third-order valence-electron chi connectivity index (χ3n) is 2.51. The Labute approximate surface area is 104 Å². The maximum Gasteiger partial charge on any atom is 0.335 e. The molecule has 1 aromatic heterocycles. The zero-order chi connectivity index (χ0) is 13.0. The van der Waals surface area contributed by atoms with E-state index in [4.69, 9.17) is 9.84 Å². The largest absolute Gasteiger partial charge is 0.492 e. The van der Waals surface area contributed by atoms with Gasteiger partial charge in [-0.15, -0.1) is 10.2 Å². The molecular weight excluding hydrogens is 234 g/mol. The molecule has 6 nitrogen and oxygen atoms in total. The molecule has 18 heavy (non-hydrogen) atoms. The fourth-order valence-corrected chi connectivity index (χ4v) is 1.49. The van der Waals surface area contributed by atoms with E-state index in [0.29, 0.717) is 18.9 Å². The fraction of sp³-hybridized carbons (Fsp3) is 0.250. The topological polar surface area (TPSA) is 77.2 Å². The second kappa shape index (κ2) is 5.31. The number of rotatable bonds is 5. The van der Waals surface area contributed by atoms with Gasteiger partial charge in [0.2, 0.25) is 0 Å². The van der Waals surface area contributed by atoms with Crippen LogP contribution in [0.1, 0.15) is 16.2 Å². The van der Waals surface area contributed by atoms with Crippen LogP contribution in [-0.4, -0.2) is 32.4 Å².